The summed E-state index contributed by atoms with van der Waals surface area (Å²) in [6.07, 6.45) is 5.51. The van der Waals surface area contributed by atoms with E-state index in [4.69, 9.17) is 0 Å². The summed E-state index contributed by atoms with van der Waals surface area (Å²) in [5.41, 5.74) is 0. The minimum Gasteiger partial charge on any atom is -0.318 e. The van der Waals surface area contributed by atoms with Crippen molar-refractivity contribution in [2.24, 2.45) is 0 Å². The molecule has 1 aliphatic heterocycles. The fraction of sp³-hybridized carbons (Fsp3) is 1.00. The van der Waals surface area contributed by atoms with Crippen molar-refractivity contribution in [2.45, 2.75) is 38.6 Å². The van der Waals surface area contributed by atoms with Gasteiger partial charge in [-0.1, -0.05) is 13.3 Å². The highest BCUT2D eigenvalue weighted by atomic mass is 15.2. The lowest BCUT2D eigenvalue weighted by molar-refractivity contribution is 0.147. The van der Waals surface area contributed by atoms with Gasteiger partial charge in [0.05, 0.1) is 0 Å². The molecule has 0 radical (unpaired) electrons. The van der Waals surface area contributed by atoms with Gasteiger partial charge >= 0.3 is 0 Å². The van der Waals surface area contributed by atoms with Gasteiger partial charge in [0.2, 0.25) is 0 Å². The first-order valence-corrected chi connectivity index (χ1v) is 5.27. The maximum atomic E-state index is 3.28. The van der Waals surface area contributed by atoms with Crippen LogP contribution >= 0.6 is 0 Å². The maximum Gasteiger partial charge on any atom is 0.0220 e. The molecule has 72 valence electrons. The molecule has 0 aromatic rings. The van der Waals surface area contributed by atoms with Gasteiger partial charge in [-0.25, -0.2) is 0 Å². The van der Waals surface area contributed by atoms with Gasteiger partial charge < -0.3 is 5.32 Å². The van der Waals surface area contributed by atoms with E-state index < -0.39 is 0 Å². The summed E-state index contributed by atoms with van der Waals surface area (Å²) >= 11 is 0. The molecule has 1 unspecified atom stereocenters. The van der Waals surface area contributed by atoms with Crippen LogP contribution in [0.2, 0.25) is 0 Å². The molecule has 0 aromatic heterocycles. The van der Waals surface area contributed by atoms with E-state index in [0.29, 0.717) is 0 Å². The van der Waals surface area contributed by atoms with Gasteiger partial charge in [-0.05, 0) is 39.4 Å². The molecule has 0 aromatic carbocycles. The first kappa shape index (κ1) is 10.0. The third-order valence-corrected chi connectivity index (χ3v) is 2.70. The Morgan fingerprint density at radius 1 is 1.42 bits per heavy atom. The fourth-order valence-corrected chi connectivity index (χ4v) is 2.11. The quantitative estimate of drug-likeness (QED) is 0.687. The van der Waals surface area contributed by atoms with Gasteiger partial charge in [0.15, 0.2) is 0 Å². The molecule has 0 aliphatic carbocycles. The molecule has 1 saturated heterocycles. The Kier molecular flexibility index (Phi) is 4.62. The van der Waals surface area contributed by atoms with Crippen LogP contribution in [0.15, 0.2) is 0 Å². The van der Waals surface area contributed by atoms with Crippen molar-refractivity contribution in [2.75, 3.05) is 26.7 Å². The summed E-state index contributed by atoms with van der Waals surface area (Å²) in [5.74, 6) is 0. The number of rotatable bonds is 4. The average Bonchev–Trinajstić information content (AvgIpc) is 2.09. The SMILES string of the molecule is CCCN1CCCCC1CNC. The van der Waals surface area contributed by atoms with Crippen molar-refractivity contribution in [3.63, 3.8) is 0 Å². The molecule has 1 N–H and O–H groups in total. The van der Waals surface area contributed by atoms with Crippen molar-refractivity contribution in [1.82, 2.24) is 10.2 Å². The number of piperidine rings is 1. The van der Waals surface area contributed by atoms with Crippen LogP contribution in [0.4, 0.5) is 0 Å². The summed E-state index contributed by atoms with van der Waals surface area (Å²) < 4.78 is 0. The molecule has 2 nitrogen and oxygen atoms in total. The molecule has 1 atom stereocenters. The van der Waals surface area contributed by atoms with Gasteiger partial charge in [-0.3, -0.25) is 4.90 Å². The lowest BCUT2D eigenvalue weighted by Gasteiger charge is -2.35. The van der Waals surface area contributed by atoms with Crippen LogP contribution in [-0.2, 0) is 0 Å². The monoisotopic (exact) mass is 170 g/mol. The van der Waals surface area contributed by atoms with Gasteiger partial charge in [0, 0.05) is 12.6 Å². The zero-order valence-corrected chi connectivity index (χ0v) is 8.47. The normalized spacial score (nSPS) is 26.0. The smallest absolute Gasteiger partial charge is 0.0220 e. The fourth-order valence-electron chi connectivity index (χ4n) is 2.11. The number of nitrogens with zero attached hydrogens (tertiary/aromatic N) is 1. The Labute approximate surface area is 76.3 Å². The summed E-state index contributed by atoms with van der Waals surface area (Å²) in [7, 11) is 2.05. The Balaban J connectivity index is 2.31. The lowest BCUT2D eigenvalue weighted by atomic mass is 10.0. The summed E-state index contributed by atoms with van der Waals surface area (Å²) in [4.78, 5) is 2.64. The van der Waals surface area contributed by atoms with E-state index in [9.17, 15) is 0 Å². The van der Waals surface area contributed by atoms with Crippen molar-refractivity contribution < 1.29 is 0 Å². The number of likely N-dealkylation sites (tertiary alicyclic amines) is 1. The highest BCUT2D eigenvalue weighted by molar-refractivity contribution is 4.77. The topological polar surface area (TPSA) is 15.3 Å². The molecule has 0 amide bonds. The zero-order valence-electron chi connectivity index (χ0n) is 8.47. The first-order chi connectivity index (χ1) is 5.88. The van der Waals surface area contributed by atoms with Crippen LogP contribution in [0.3, 0.4) is 0 Å². The number of hydrogen-bond donors (Lipinski definition) is 1. The van der Waals surface area contributed by atoms with Crippen LogP contribution in [0.5, 0.6) is 0 Å². The van der Waals surface area contributed by atoms with E-state index in [1.165, 1.54) is 45.3 Å². The standard InChI is InChI=1S/C10H22N2/c1-3-7-12-8-5-4-6-10(12)9-11-2/h10-11H,3-9H2,1-2H3. The van der Waals surface area contributed by atoms with Crippen LogP contribution in [0.25, 0.3) is 0 Å². The van der Waals surface area contributed by atoms with E-state index in [0.717, 1.165) is 6.04 Å². The molecule has 0 saturated carbocycles. The van der Waals surface area contributed by atoms with E-state index in [2.05, 4.69) is 24.2 Å². The molecule has 1 aliphatic rings. The van der Waals surface area contributed by atoms with Gasteiger partial charge in [-0.2, -0.15) is 0 Å². The van der Waals surface area contributed by atoms with Crippen molar-refractivity contribution in [3.05, 3.63) is 0 Å². The molecule has 0 bridgehead atoms. The van der Waals surface area contributed by atoms with Crippen LogP contribution in [-0.4, -0.2) is 37.6 Å². The van der Waals surface area contributed by atoms with E-state index >= 15 is 0 Å². The molecule has 1 fully saturated rings. The third-order valence-electron chi connectivity index (χ3n) is 2.70. The van der Waals surface area contributed by atoms with E-state index in [-0.39, 0.29) is 0 Å². The number of likely N-dealkylation sites (N-methyl/N-ethyl adjacent to an activating group) is 1. The predicted octanol–water partition coefficient (Wildman–Crippen LogP) is 1.47. The molecular weight excluding hydrogens is 148 g/mol. The second-order valence-corrected chi connectivity index (χ2v) is 3.74. The van der Waals surface area contributed by atoms with Crippen LogP contribution in [0, 0.1) is 0 Å². The minimum absolute atomic E-state index is 0.809. The largest absolute Gasteiger partial charge is 0.318 e. The number of nitrogens with one attached hydrogen (secondary N) is 1. The number of hydrogen-bond acceptors (Lipinski definition) is 2. The summed E-state index contributed by atoms with van der Waals surface area (Å²) in [6.45, 7) is 6.04. The molecule has 1 heterocycles. The Bertz CT molecular complexity index is 96.4. The minimum atomic E-state index is 0.809. The van der Waals surface area contributed by atoms with Crippen LogP contribution in [0.1, 0.15) is 32.6 Å². The van der Waals surface area contributed by atoms with Crippen molar-refractivity contribution in [1.29, 1.82) is 0 Å². The first-order valence-electron chi connectivity index (χ1n) is 5.27. The van der Waals surface area contributed by atoms with Crippen molar-refractivity contribution >= 4 is 0 Å². The molecular formula is C10H22N2. The predicted molar refractivity (Wildman–Crippen MR) is 53.4 cm³/mol. The molecule has 0 spiro atoms. The van der Waals surface area contributed by atoms with Crippen LogP contribution < -0.4 is 5.32 Å². The molecule has 1 rings (SSSR count). The second kappa shape index (κ2) is 5.55. The van der Waals surface area contributed by atoms with Crippen molar-refractivity contribution in [3.8, 4) is 0 Å². The van der Waals surface area contributed by atoms with Gasteiger partial charge in [0.25, 0.3) is 0 Å². The average molecular weight is 170 g/mol. The lowest BCUT2D eigenvalue weighted by Crippen LogP contribution is -2.45. The van der Waals surface area contributed by atoms with E-state index in [1.54, 1.807) is 0 Å². The second-order valence-electron chi connectivity index (χ2n) is 3.74. The highest BCUT2D eigenvalue weighted by Crippen LogP contribution is 2.16. The third kappa shape index (κ3) is 2.76. The molecule has 2 heteroatoms. The van der Waals surface area contributed by atoms with E-state index in [1.807, 2.05) is 0 Å². The highest BCUT2D eigenvalue weighted by Gasteiger charge is 2.20. The van der Waals surface area contributed by atoms with Gasteiger partial charge in [-0.15, -0.1) is 0 Å². The zero-order chi connectivity index (χ0) is 8.81. The van der Waals surface area contributed by atoms with Gasteiger partial charge in [0.1, 0.15) is 0 Å². The Hall–Kier alpha value is -0.0800. The summed E-state index contributed by atoms with van der Waals surface area (Å²) in [6, 6.07) is 0.809. The Morgan fingerprint density at radius 3 is 2.92 bits per heavy atom. The summed E-state index contributed by atoms with van der Waals surface area (Å²) in [5, 5.41) is 3.28. The maximum absolute atomic E-state index is 3.28. The Morgan fingerprint density at radius 2 is 2.25 bits per heavy atom. The molecule has 12 heavy (non-hydrogen) atoms.